The molecule has 0 bridgehead atoms. The Kier molecular flexibility index (Phi) is 1.33. The van der Waals surface area contributed by atoms with Crippen LogP contribution in [0.25, 0.3) is 0 Å². The molecule has 4 aliphatic rings. The molecule has 4 saturated carbocycles. The first-order valence-electron chi connectivity index (χ1n) is 5.75. The largest absolute Gasteiger partial charge is 0.393 e. The summed E-state index contributed by atoms with van der Waals surface area (Å²) >= 11 is 0. The van der Waals surface area contributed by atoms with Crippen molar-refractivity contribution in [2.24, 2.45) is 23.2 Å². The van der Waals surface area contributed by atoms with Crippen LogP contribution < -0.4 is 0 Å². The van der Waals surface area contributed by atoms with E-state index in [2.05, 4.69) is 0 Å². The summed E-state index contributed by atoms with van der Waals surface area (Å²) in [6.45, 7) is -0.833. The Hall–Kier alpha value is -0.190. The molecule has 4 rings (SSSR count). The molecule has 0 radical (unpaired) electrons. The van der Waals surface area contributed by atoms with E-state index in [-0.39, 0.29) is 17.1 Å². The summed E-state index contributed by atoms with van der Waals surface area (Å²) in [5.74, 6) is 1.43. The third kappa shape index (κ3) is 0.618. The fraction of sp³-hybridized carbons (Fsp3) is 1.00. The monoisotopic (exact) mass is 214 g/mol. The zero-order valence-electron chi connectivity index (χ0n) is 8.40. The first kappa shape index (κ1) is 8.90. The van der Waals surface area contributed by atoms with Gasteiger partial charge in [0.1, 0.15) is 6.67 Å². The van der Waals surface area contributed by atoms with Gasteiger partial charge in [0.25, 0.3) is 0 Å². The molecule has 4 aliphatic carbocycles. The second kappa shape index (κ2) is 2.24. The maximum Gasteiger partial charge on any atom is 0.183 e. The van der Waals surface area contributed by atoms with E-state index in [4.69, 9.17) is 4.74 Å². The number of halogens is 1. The Bertz CT molecular complexity index is 328. The van der Waals surface area contributed by atoms with Gasteiger partial charge in [-0.3, -0.25) is 0 Å². The number of hydrogen-bond acceptors (Lipinski definition) is 3. The molecular weight excluding hydrogens is 199 g/mol. The van der Waals surface area contributed by atoms with Crippen LogP contribution in [0.4, 0.5) is 4.39 Å². The molecule has 0 amide bonds. The highest BCUT2D eigenvalue weighted by Gasteiger charge is 2.92. The number of hydrogen-bond donors (Lipinski definition) is 2. The Morgan fingerprint density at radius 3 is 2.80 bits per heavy atom. The maximum absolute atomic E-state index is 12.2. The van der Waals surface area contributed by atoms with Gasteiger partial charge in [-0.25, -0.2) is 4.39 Å². The fourth-order valence-electron chi connectivity index (χ4n) is 5.29. The standard InChI is InChI=1S/C11H15FO3/c12-4-8(13)15-10-2-5-1-6-9(14)7(3-10)11(5,6)10/h5-9,13-14H,1-4H2. The van der Waals surface area contributed by atoms with Crippen LogP contribution in [0.5, 0.6) is 0 Å². The van der Waals surface area contributed by atoms with Crippen molar-refractivity contribution in [3.63, 3.8) is 0 Å². The molecule has 0 aliphatic heterocycles. The summed E-state index contributed by atoms with van der Waals surface area (Å²) < 4.78 is 17.7. The molecule has 0 heterocycles. The average molecular weight is 214 g/mol. The van der Waals surface area contributed by atoms with Gasteiger partial charge in [-0.1, -0.05) is 0 Å². The fourth-order valence-corrected chi connectivity index (χ4v) is 5.29. The van der Waals surface area contributed by atoms with Crippen molar-refractivity contribution >= 4 is 0 Å². The van der Waals surface area contributed by atoms with Crippen molar-refractivity contribution in [3.8, 4) is 0 Å². The molecule has 0 aromatic rings. The highest BCUT2D eigenvalue weighted by Crippen LogP contribution is 2.89. The smallest absolute Gasteiger partial charge is 0.183 e. The molecule has 4 fully saturated rings. The van der Waals surface area contributed by atoms with Crippen molar-refractivity contribution in [2.45, 2.75) is 37.3 Å². The molecule has 15 heavy (non-hydrogen) atoms. The zero-order chi connectivity index (χ0) is 10.4. The van der Waals surface area contributed by atoms with E-state index >= 15 is 0 Å². The van der Waals surface area contributed by atoms with Crippen LogP contribution in [-0.4, -0.2) is 34.9 Å². The predicted molar refractivity (Wildman–Crippen MR) is 48.6 cm³/mol. The summed E-state index contributed by atoms with van der Waals surface area (Å²) in [5, 5.41) is 19.0. The number of aliphatic hydroxyl groups excluding tert-OH is 2. The third-order valence-corrected chi connectivity index (χ3v) is 5.67. The van der Waals surface area contributed by atoms with Gasteiger partial charge in [-0.05, 0) is 37.0 Å². The summed E-state index contributed by atoms with van der Waals surface area (Å²) in [4.78, 5) is 0. The van der Waals surface area contributed by atoms with Crippen molar-refractivity contribution < 1.29 is 19.3 Å². The van der Waals surface area contributed by atoms with Crippen LogP contribution in [0.2, 0.25) is 0 Å². The SMILES string of the molecule is OC(CF)OC12CC3CC4C(O)C(C1)C342. The lowest BCUT2D eigenvalue weighted by Crippen LogP contribution is -2.94. The summed E-state index contributed by atoms with van der Waals surface area (Å²) in [7, 11) is 0. The van der Waals surface area contributed by atoms with Crippen LogP contribution in [0.15, 0.2) is 0 Å². The highest BCUT2D eigenvalue weighted by atomic mass is 19.1. The topological polar surface area (TPSA) is 49.7 Å². The van der Waals surface area contributed by atoms with Crippen molar-refractivity contribution in [1.29, 1.82) is 0 Å². The van der Waals surface area contributed by atoms with Gasteiger partial charge >= 0.3 is 0 Å². The molecule has 84 valence electrons. The van der Waals surface area contributed by atoms with E-state index in [9.17, 15) is 14.6 Å². The van der Waals surface area contributed by atoms with Crippen LogP contribution >= 0.6 is 0 Å². The maximum atomic E-state index is 12.2. The Labute approximate surface area is 87.2 Å². The van der Waals surface area contributed by atoms with Crippen molar-refractivity contribution in [3.05, 3.63) is 0 Å². The first-order chi connectivity index (χ1) is 7.15. The van der Waals surface area contributed by atoms with E-state index in [0.717, 1.165) is 19.3 Å². The number of rotatable bonds is 3. The predicted octanol–water partition coefficient (Wildman–Crippen LogP) is 0.450. The second-order valence-corrected chi connectivity index (χ2v) is 5.70. The molecule has 2 N–H and O–H groups in total. The zero-order valence-corrected chi connectivity index (χ0v) is 8.40. The third-order valence-electron chi connectivity index (χ3n) is 5.67. The quantitative estimate of drug-likeness (QED) is 0.671. The lowest BCUT2D eigenvalue weighted by molar-refractivity contribution is -0.502. The minimum atomic E-state index is -1.26. The van der Waals surface area contributed by atoms with E-state index in [1.54, 1.807) is 0 Å². The van der Waals surface area contributed by atoms with Crippen molar-refractivity contribution in [1.82, 2.24) is 0 Å². The van der Waals surface area contributed by atoms with Crippen molar-refractivity contribution in [2.75, 3.05) is 6.67 Å². The molecule has 7 unspecified atom stereocenters. The molecule has 7 atom stereocenters. The Morgan fingerprint density at radius 2 is 2.20 bits per heavy atom. The summed E-state index contributed by atoms with van der Waals surface area (Å²) in [6, 6.07) is 0. The molecule has 3 nitrogen and oxygen atoms in total. The molecule has 0 saturated heterocycles. The molecular formula is C11H15FO3. The van der Waals surface area contributed by atoms with Crippen LogP contribution in [0.1, 0.15) is 19.3 Å². The second-order valence-electron chi connectivity index (χ2n) is 5.70. The Balaban J connectivity index is 1.58. The number of ether oxygens (including phenoxy) is 1. The van der Waals surface area contributed by atoms with Gasteiger partial charge in [0.05, 0.1) is 11.7 Å². The molecule has 1 spiro atoms. The first-order valence-corrected chi connectivity index (χ1v) is 5.75. The average Bonchev–Trinajstić information content (AvgIpc) is 2.16. The van der Waals surface area contributed by atoms with E-state index in [1.807, 2.05) is 0 Å². The van der Waals surface area contributed by atoms with Gasteiger partial charge in [-0.2, -0.15) is 0 Å². The van der Waals surface area contributed by atoms with Gasteiger partial charge in [-0.15, -0.1) is 0 Å². The number of alkyl halides is 1. The van der Waals surface area contributed by atoms with Gasteiger partial charge in [0.15, 0.2) is 6.29 Å². The molecule has 0 aromatic carbocycles. The highest BCUT2D eigenvalue weighted by molar-refractivity contribution is 5.40. The molecule has 0 aromatic heterocycles. The minimum absolute atomic E-state index is 0.152. The van der Waals surface area contributed by atoms with E-state index in [1.165, 1.54) is 0 Å². The summed E-state index contributed by atoms with van der Waals surface area (Å²) in [6.07, 6.45) is 1.47. The van der Waals surface area contributed by atoms with Gasteiger partial charge < -0.3 is 14.9 Å². The van der Waals surface area contributed by atoms with E-state index in [0.29, 0.717) is 17.8 Å². The van der Waals surface area contributed by atoms with Crippen LogP contribution in [-0.2, 0) is 4.74 Å². The summed E-state index contributed by atoms with van der Waals surface area (Å²) in [5.41, 5.74) is -0.113. The molecule has 4 heteroatoms. The van der Waals surface area contributed by atoms with Crippen LogP contribution in [0.3, 0.4) is 0 Å². The normalized spacial score (nSPS) is 65.0. The van der Waals surface area contributed by atoms with E-state index < -0.39 is 13.0 Å². The lowest BCUT2D eigenvalue weighted by atomic mass is 9.15. The van der Waals surface area contributed by atoms with Gasteiger partial charge in [0.2, 0.25) is 0 Å². The lowest BCUT2D eigenvalue weighted by Gasteiger charge is -2.91. The number of aliphatic hydroxyl groups is 2. The van der Waals surface area contributed by atoms with Crippen LogP contribution in [0, 0.1) is 23.2 Å². The van der Waals surface area contributed by atoms with Gasteiger partial charge in [0, 0.05) is 5.41 Å². The Morgan fingerprint density at radius 1 is 1.40 bits per heavy atom. The minimum Gasteiger partial charge on any atom is -0.393 e.